The van der Waals surface area contributed by atoms with Crippen molar-refractivity contribution in [2.75, 3.05) is 19.7 Å². The fourth-order valence-corrected chi connectivity index (χ4v) is 5.08. The Morgan fingerprint density at radius 1 is 0.949 bits per heavy atom. The Labute approximate surface area is 232 Å². The van der Waals surface area contributed by atoms with Crippen LogP contribution in [0.5, 0.6) is 23.1 Å². The third-order valence-corrected chi connectivity index (χ3v) is 7.69. The predicted octanol–water partition coefficient (Wildman–Crippen LogP) is 6.50. The SMILES string of the molecule is Cc1ccc(Oc2ccc(OCC3CCN(C(=O)Oc4ccc(CSc5nccn5C)cc4)CC3)cc2)nc1. The zero-order chi connectivity index (χ0) is 27.0. The molecule has 8 nitrogen and oxygen atoms in total. The van der Waals surface area contributed by atoms with Gasteiger partial charge in [-0.2, -0.15) is 0 Å². The van der Waals surface area contributed by atoms with Gasteiger partial charge in [-0.1, -0.05) is 30.0 Å². The molecule has 0 radical (unpaired) electrons. The van der Waals surface area contributed by atoms with Crippen LogP contribution in [0.1, 0.15) is 24.0 Å². The van der Waals surface area contributed by atoms with Gasteiger partial charge in [0, 0.05) is 50.5 Å². The molecule has 2 aromatic carbocycles. The molecule has 0 saturated carbocycles. The molecule has 1 saturated heterocycles. The molecule has 0 unspecified atom stereocenters. The summed E-state index contributed by atoms with van der Waals surface area (Å²) in [5.41, 5.74) is 2.24. The van der Waals surface area contributed by atoms with Gasteiger partial charge < -0.3 is 23.7 Å². The molecule has 1 amide bonds. The topological polar surface area (TPSA) is 78.7 Å². The minimum atomic E-state index is -0.303. The van der Waals surface area contributed by atoms with Gasteiger partial charge >= 0.3 is 6.09 Å². The molecule has 1 aliphatic rings. The number of imidazole rings is 1. The third kappa shape index (κ3) is 7.54. The summed E-state index contributed by atoms with van der Waals surface area (Å²) in [6.07, 6.45) is 6.95. The number of hydrogen-bond acceptors (Lipinski definition) is 7. The zero-order valence-corrected chi connectivity index (χ0v) is 23.0. The van der Waals surface area contributed by atoms with Crippen molar-refractivity contribution in [3.8, 4) is 23.1 Å². The number of likely N-dealkylation sites (tertiary alicyclic amines) is 1. The van der Waals surface area contributed by atoms with E-state index in [4.69, 9.17) is 14.2 Å². The number of hydrogen-bond donors (Lipinski definition) is 0. The van der Waals surface area contributed by atoms with E-state index in [1.54, 1.807) is 29.1 Å². The van der Waals surface area contributed by atoms with Crippen LogP contribution >= 0.6 is 11.8 Å². The summed E-state index contributed by atoms with van der Waals surface area (Å²) in [5, 5.41) is 0.971. The van der Waals surface area contributed by atoms with Crippen LogP contribution in [0.2, 0.25) is 0 Å². The van der Waals surface area contributed by atoms with Gasteiger partial charge in [0.05, 0.1) is 6.61 Å². The van der Waals surface area contributed by atoms with Gasteiger partial charge in [-0.15, -0.1) is 0 Å². The molecule has 9 heteroatoms. The lowest BCUT2D eigenvalue weighted by Crippen LogP contribution is -2.41. The van der Waals surface area contributed by atoms with Crippen molar-refractivity contribution in [2.24, 2.45) is 13.0 Å². The maximum absolute atomic E-state index is 12.7. The molecule has 5 rings (SSSR count). The molecule has 3 heterocycles. The average molecular weight is 545 g/mol. The standard InChI is InChI=1S/C30H32N4O4S/c1-22-3-12-28(32-19-22)37-26-10-8-25(9-11-26)36-20-23-13-16-34(17-14-23)30(35)38-27-6-4-24(5-7-27)21-39-29-31-15-18-33(29)2/h3-12,15,18-19,23H,13-14,16-17,20-21H2,1-2H3. The largest absolute Gasteiger partial charge is 0.493 e. The number of benzene rings is 2. The van der Waals surface area contributed by atoms with Crippen molar-refractivity contribution in [1.82, 2.24) is 19.4 Å². The van der Waals surface area contributed by atoms with Crippen molar-refractivity contribution < 1.29 is 19.0 Å². The van der Waals surface area contributed by atoms with Crippen molar-refractivity contribution in [3.05, 3.63) is 90.4 Å². The second kappa shape index (κ2) is 12.7. The van der Waals surface area contributed by atoms with E-state index in [1.165, 1.54) is 0 Å². The Balaban J connectivity index is 1.01. The van der Waals surface area contributed by atoms with E-state index in [0.29, 0.717) is 43.0 Å². The van der Waals surface area contributed by atoms with Crippen molar-refractivity contribution >= 4 is 17.9 Å². The summed E-state index contributed by atoms with van der Waals surface area (Å²) >= 11 is 1.67. The molecule has 1 fully saturated rings. The molecular formula is C30H32N4O4S. The summed E-state index contributed by atoms with van der Waals surface area (Å²) in [7, 11) is 1.98. The maximum Gasteiger partial charge on any atom is 0.415 e. The minimum absolute atomic E-state index is 0.303. The number of amides is 1. The smallest absolute Gasteiger partial charge is 0.415 e. The number of ether oxygens (including phenoxy) is 3. The van der Waals surface area contributed by atoms with Crippen molar-refractivity contribution in [2.45, 2.75) is 30.7 Å². The number of thioether (sulfide) groups is 1. The van der Waals surface area contributed by atoms with Crippen LogP contribution in [-0.2, 0) is 12.8 Å². The van der Waals surface area contributed by atoms with Gasteiger partial charge in [-0.05, 0) is 73.2 Å². The highest BCUT2D eigenvalue weighted by Gasteiger charge is 2.24. The van der Waals surface area contributed by atoms with E-state index >= 15 is 0 Å². The zero-order valence-electron chi connectivity index (χ0n) is 22.2. The maximum atomic E-state index is 12.7. The third-order valence-electron chi connectivity index (χ3n) is 6.56. The normalized spacial score (nSPS) is 13.7. The van der Waals surface area contributed by atoms with E-state index in [2.05, 4.69) is 9.97 Å². The van der Waals surface area contributed by atoms with Gasteiger partial charge in [0.2, 0.25) is 5.88 Å². The minimum Gasteiger partial charge on any atom is -0.493 e. The van der Waals surface area contributed by atoms with Gasteiger partial charge in [0.15, 0.2) is 5.16 Å². The van der Waals surface area contributed by atoms with E-state index in [1.807, 2.05) is 85.4 Å². The fourth-order valence-electron chi connectivity index (χ4n) is 4.19. The Hall–Kier alpha value is -3.98. The predicted molar refractivity (Wildman–Crippen MR) is 151 cm³/mol. The fraction of sp³-hybridized carbons (Fsp3) is 0.300. The Morgan fingerprint density at radius 3 is 2.33 bits per heavy atom. The molecule has 0 spiro atoms. The van der Waals surface area contributed by atoms with Crippen LogP contribution in [-0.4, -0.2) is 45.2 Å². The van der Waals surface area contributed by atoms with E-state index < -0.39 is 0 Å². The second-order valence-corrected chi connectivity index (χ2v) is 10.6. The summed E-state index contributed by atoms with van der Waals surface area (Å²) in [5.74, 6) is 3.81. The van der Waals surface area contributed by atoms with Crippen LogP contribution in [0.25, 0.3) is 0 Å². The number of aromatic nitrogens is 3. The van der Waals surface area contributed by atoms with Gasteiger partial charge in [0.25, 0.3) is 0 Å². The molecule has 0 N–H and O–H groups in total. The Bertz CT molecular complexity index is 1350. The summed E-state index contributed by atoms with van der Waals surface area (Å²) in [4.78, 5) is 23.0. The molecule has 0 atom stereocenters. The van der Waals surface area contributed by atoms with E-state index in [9.17, 15) is 4.79 Å². The number of carbonyl (C=O) groups is 1. The molecule has 2 aromatic heterocycles. The Kier molecular flexibility index (Phi) is 8.68. The van der Waals surface area contributed by atoms with Gasteiger partial charge in [-0.3, -0.25) is 0 Å². The number of rotatable bonds is 9. The lowest BCUT2D eigenvalue weighted by atomic mass is 9.98. The first kappa shape index (κ1) is 26.6. The van der Waals surface area contributed by atoms with Crippen molar-refractivity contribution in [3.63, 3.8) is 0 Å². The molecule has 202 valence electrons. The van der Waals surface area contributed by atoms with Crippen LogP contribution in [0.3, 0.4) is 0 Å². The van der Waals surface area contributed by atoms with Gasteiger partial charge in [-0.25, -0.2) is 14.8 Å². The first-order valence-corrected chi connectivity index (χ1v) is 14.0. The van der Waals surface area contributed by atoms with Gasteiger partial charge in [0.1, 0.15) is 17.2 Å². The number of piperidine rings is 1. The number of carbonyl (C=O) groups excluding carboxylic acids is 1. The lowest BCUT2D eigenvalue weighted by molar-refractivity contribution is 0.117. The van der Waals surface area contributed by atoms with E-state index in [-0.39, 0.29) is 6.09 Å². The average Bonchev–Trinajstić information content (AvgIpc) is 3.38. The first-order valence-electron chi connectivity index (χ1n) is 13.0. The summed E-state index contributed by atoms with van der Waals surface area (Å²) < 4.78 is 19.4. The number of pyridine rings is 1. The Morgan fingerprint density at radius 2 is 1.67 bits per heavy atom. The first-order chi connectivity index (χ1) is 19.0. The summed E-state index contributed by atoms with van der Waals surface area (Å²) in [6.45, 7) is 3.91. The second-order valence-electron chi connectivity index (χ2n) is 9.61. The van der Waals surface area contributed by atoms with Crippen LogP contribution in [0.4, 0.5) is 4.79 Å². The molecule has 1 aliphatic heterocycles. The highest BCUT2D eigenvalue weighted by atomic mass is 32.2. The van der Waals surface area contributed by atoms with Crippen LogP contribution in [0, 0.1) is 12.8 Å². The molecule has 4 aromatic rings. The van der Waals surface area contributed by atoms with Crippen LogP contribution in [0.15, 0.2) is 84.4 Å². The lowest BCUT2D eigenvalue weighted by Gasteiger charge is -2.31. The van der Waals surface area contributed by atoms with Crippen molar-refractivity contribution in [1.29, 1.82) is 0 Å². The molecule has 0 aliphatic carbocycles. The van der Waals surface area contributed by atoms with E-state index in [0.717, 1.165) is 40.6 Å². The number of aryl methyl sites for hydroxylation is 2. The number of nitrogens with zero attached hydrogens (tertiary/aromatic N) is 4. The highest BCUT2D eigenvalue weighted by molar-refractivity contribution is 7.98. The molecular weight excluding hydrogens is 512 g/mol. The quantitative estimate of drug-likeness (QED) is 0.223. The highest BCUT2D eigenvalue weighted by Crippen LogP contribution is 2.26. The molecule has 39 heavy (non-hydrogen) atoms. The van der Waals surface area contributed by atoms with Crippen LogP contribution < -0.4 is 14.2 Å². The molecule has 0 bridgehead atoms. The monoisotopic (exact) mass is 544 g/mol. The summed E-state index contributed by atoms with van der Waals surface area (Å²) in [6, 6.07) is 19.0.